The molecule has 0 unspecified atom stereocenters. The molecule has 6 rings (SSSR count). The number of alkyl halides is 3. The number of hydrogen-bond donors (Lipinski definition) is 0. The van der Waals surface area contributed by atoms with Crippen LogP contribution in [-0.2, 0) is 16.1 Å². The van der Waals surface area contributed by atoms with Crippen molar-refractivity contribution in [2.75, 3.05) is 18.6 Å². The molecule has 0 radical (unpaired) electrons. The SMILES string of the molecule is COC(=O)c1csc(-c2csc(N3CC[C@@H](OCc4c(-c5ccccc5OC(F)(F)F)noc4C4CC4)C[C@H]3C)n2)c1. The molecule has 1 saturated heterocycles. The number of para-hydroxylation sites is 1. The number of aromatic nitrogens is 2. The van der Waals surface area contributed by atoms with Crippen molar-refractivity contribution < 1.29 is 36.7 Å². The number of thiophene rings is 1. The third-order valence-electron chi connectivity index (χ3n) is 7.44. The molecular formula is C29H28F3N3O5S2. The summed E-state index contributed by atoms with van der Waals surface area (Å²) in [4.78, 5) is 19.8. The fourth-order valence-electron chi connectivity index (χ4n) is 5.19. The number of carbonyl (C=O) groups is 1. The largest absolute Gasteiger partial charge is 0.573 e. The first-order chi connectivity index (χ1) is 20.2. The molecule has 2 aliphatic rings. The molecule has 3 aromatic heterocycles. The Bertz CT molecular complexity index is 1560. The lowest BCUT2D eigenvalue weighted by Crippen LogP contribution is -2.43. The number of anilines is 1. The number of benzene rings is 1. The monoisotopic (exact) mass is 619 g/mol. The first-order valence-corrected chi connectivity index (χ1v) is 15.3. The van der Waals surface area contributed by atoms with Crippen LogP contribution in [0.25, 0.3) is 21.8 Å². The van der Waals surface area contributed by atoms with Crippen molar-refractivity contribution >= 4 is 33.8 Å². The maximum Gasteiger partial charge on any atom is 0.573 e. The quantitative estimate of drug-likeness (QED) is 0.177. The molecule has 222 valence electrons. The van der Waals surface area contributed by atoms with Gasteiger partial charge in [-0.05, 0) is 50.8 Å². The highest BCUT2D eigenvalue weighted by atomic mass is 32.1. The summed E-state index contributed by atoms with van der Waals surface area (Å²) in [6, 6.07) is 7.91. The van der Waals surface area contributed by atoms with E-state index in [-0.39, 0.29) is 42.0 Å². The van der Waals surface area contributed by atoms with E-state index in [9.17, 15) is 18.0 Å². The van der Waals surface area contributed by atoms with E-state index in [1.807, 2.05) is 5.38 Å². The smallest absolute Gasteiger partial charge is 0.465 e. The number of rotatable bonds is 9. The molecule has 42 heavy (non-hydrogen) atoms. The zero-order chi connectivity index (χ0) is 29.4. The molecule has 0 amide bonds. The van der Waals surface area contributed by atoms with Crippen LogP contribution in [0.15, 0.2) is 45.6 Å². The topological polar surface area (TPSA) is 86.9 Å². The second-order valence-electron chi connectivity index (χ2n) is 10.4. The average Bonchev–Trinajstić information content (AvgIpc) is 3.33. The van der Waals surface area contributed by atoms with E-state index in [0.717, 1.165) is 47.9 Å². The number of hydrogen-bond acceptors (Lipinski definition) is 10. The van der Waals surface area contributed by atoms with E-state index in [1.54, 1.807) is 34.9 Å². The summed E-state index contributed by atoms with van der Waals surface area (Å²) in [6.07, 6.45) is -1.46. The highest BCUT2D eigenvalue weighted by Crippen LogP contribution is 2.46. The molecule has 0 N–H and O–H groups in total. The molecule has 1 aliphatic heterocycles. The molecule has 1 saturated carbocycles. The second kappa shape index (κ2) is 11.7. The van der Waals surface area contributed by atoms with Crippen LogP contribution >= 0.6 is 22.7 Å². The Morgan fingerprint density at radius 2 is 1.98 bits per heavy atom. The number of ether oxygens (including phenoxy) is 3. The van der Waals surface area contributed by atoms with Crippen molar-refractivity contribution in [1.29, 1.82) is 0 Å². The van der Waals surface area contributed by atoms with Gasteiger partial charge in [-0.25, -0.2) is 9.78 Å². The van der Waals surface area contributed by atoms with Crippen LogP contribution in [0.3, 0.4) is 0 Å². The third-order valence-corrected chi connectivity index (χ3v) is 9.27. The molecule has 1 aromatic carbocycles. The van der Waals surface area contributed by atoms with E-state index in [1.165, 1.54) is 30.6 Å². The van der Waals surface area contributed by atoms with Crippen molar-refractivity contribution in [1.82, 2.24) is 10.1 Å². The lowest BCUT2D eigenvalue weighted by molar-refractivity contribution is -0.274. The van der Waals surface area contributed by atoms with Crippen LogP contribution in [0.1, 0.15) is 60.2 Å². The number of carbonyl (C=O) groups excluding carboxylic acids is 1. The molecule has 0 bridgehead atoms. The van der Waals surface area contributed by atoms with E-state index >= 15 is 0 Å². The summed E-state index contributed by atoms with van der Waals surface area (Å²) < 4.78 is 60.3. The number of methoxy groups -OCH3 is 1. The third kappa shape index (κ3) is 6.18. The van der Waals surface area contributed by atoms with Gasteiger partial charge in [-0.3, -0.25) is 0 Å². The lowest BCUT2D eigenvalue weighted by Gasteiger charge is -2.37. The Labute approximate surface area is 248 Å². The number of piperidine rings is 1. The van der Waals surface area contributed by atoms with Crippen molar-refractivity contribution in [2.24, 2.45) is 0 Å². The van der Waals surface area contributed by atoms with Gasteiger partial charge in [-0.2, -0.15) is 0 Å². The molecular weight excluding hydrogens is 591 g/mol. The molecule has 8 nitrogen and oxygen atoms in total. The van der Waals surface area contributed by atoms with Gasteiger partial charge in [-0.15, -0.1) is 35.8 Å². The van der Waals surface area contributed by atoms with Gasteiger partial charge in [0.25, 0.3) is 0 Å². The van der Waals surface area contributed by atoms with E-state index in [2.05, 4.69) is 21.7 Å². The molecule has 0 spiro atoms. The van der Waals surface area contributed by atoms with Crippen molar-refractivity contribution in [3.63, 3.8) is 0 Å². The average molecular weight is 620 g/mol. The summed E-state index contributed by atoms with van der Waals surface area (Å²) in [7, 11) is 1.36. The molecule has 2 fully saturated rings. The first-order valence-electron chi connectivity index (χ1n) is 13.5. The number of esters is 1. The fraction of sp³-hybridized carbons (Fsp3) is 0.414. The molecule has 2 atom stereocenters. The van der Waals surface area contributed by atoms with Gasteiger partial charge in [0, 0.05) is 40.4 Å². The van der Waals surface area contributed by atoms with Gasteiger partial charge < -0.3 is 23.6 Å². The summed E-state index contributed by atoms with van der Waals surface area (Å²) >= 11 is 3.01. The minimum atomic E-state index is -4.83. The van der Waals surface area contributed by atoms with Crippen LogP contribution in [-0.4, -0.2) is 48.3 Å². The Morgan fingerprint density at radius 1 is 1.17 bits per heavy atom. The highest BCUT2D eigenvalue weighted by molar-refractivity contribution is 7.16. The van der Waals surface area contributed by atoms with Crippen LogP contribution < -0.4 is 9.64 Å². The minimum absolute atomic E-state index is 0.0490. The lowest BCUT2D eigenvalue weighted by atomic mass is 10.0. The number of halogens is 3. The van der Waals surface area contributed by atoms with Gasteiger partial charge in [0.05, 0.1) is 36.0 Å². The predicted octanol–water partition coefficient (Wildman–Crippen LogP) is 7.66. The van der Waals surface area contributed by atoms with Gasteiger partial charge in [0.15, 0.2) is 5.13 Å². The summed E-state index contributed by atoms with van der Waals surface area (Å²) in [5.41, 5.74) is 2.55. The minimum Gasteiger partial charge on any atom is -0.465 e. The maximum absolute atomic E-state index is 13.1. The Balaban J connectivity index is 1.13. The number of nitrogens with zero attached hydrogens (tertiary/aromatic N) is 3. The predicted molar refractivity (Wildman–Crippen MR) is 152 cm³/mol. The van der Waals surface area contributed by atoms with E-state index in [4.69, 9.17) is 19.0 Å². The molecule has 1 aliphatic carbocycles. The first kappa shape index (κ1) is 28.7. The fourth-order valence-corrected chi connectivity index (χ4v) is 7.05. The highest BCUT2D eigenvalue weighted by Gasteiger charge is 2.36. The molecule has 4 heterocycles. The Morgan fingerprint density at radius 3 is 2.71 bits per heavy atom. The normalized spacial score (nSPS) is 19.2. The molecule has 4 aromatic rings. The van der Waals surface area contributed by atoms with E-state index in [0.29, 0.717) is 22.6 Å². The van der Waals surface area contributed by atoms with Gasteiger partial charge in [0.1, 0.15) is 17.2 Å². The maximum atomic E-state index is 13.1. The van der Waals surface area contributed by atoms with Crippen LogP contribution in [0.5, 0.6) is 5.75 Å². The van der Waals surface area contributed by atoms with Crippen LogP contribution in [0.4, 0.5) is 18.3 Å². The Kier molecular flexibility index (Phi) is 7.99. The van der Waals surface area contributed by atoms with Crippen molar-refractivity contribution in [3.8, 4) is 27.6 Å². The summed E-state index contributed by atoms with van der Waals surface area (Å²) in [6.45, 7) is 3.05. The molecule has 13 heteroatoms. The van der Waals surface area contributed by atoms with Gasteiger partial charge in [-0.1, -0.05) is 17.3 Å². The van der Waals surface area contributed by atoms with Crippen LogP contribution in [0, 0.1) is 0 Å². The summed E-state index contributed by atoms with van der Waals surface area (Å²) in [5.74, 6) is 0.185. The second-order valence-corrected chi connectivity index (χ2v) is 12.1. The van der Waals surface area contributed by atoms with E-state index < -0.39 is 6.36 Å². The van der Waals surface area contributed by atoms with Crippen molar-refractivity contribution in [3.05, 3.63) is 58.0 Å². The number of thiazole rings is 1. The van der Waals surface area contributed by atoms with Crippen molar-refractivity contribution in [2.45, 2.75) is 63.6 Å². The van der Waals surface area contributed by atoms with Gasteiger partial charge >= 0.3 is 12.3 Å². The zero-order valence-electron chi connectivity index (χ0n) is 22.8. The summed E-state index contributed by atoms with van der Waals surface area (Å²) in [5, 5.41) is 8.83. The Hall–Kier alpha value is -3.42. The van der Waals surface area contributed by atoms with Crippen LogP contribution in [0.2, 0.25) is 0 Å². The standard InChI is InChI=1S/C29H28F3N3O5S2/c1-16-11-19(9-10-35(16)28-33-22(15-42-28)24-12-18(14-41-24)27(36)37-2)38-13-21-25(34-40-26(21)17-7-8-17)20-5-3-4-6-23(20)39-29(30,31)32/h3-6,12,14-17,19H,7-11,13H2,1-2H3/t16-,19-/m1/s1. The van der Waals surface area contributed by atoms with Gasteiger partial charge in [0.2, 0.25) is 0 Å². The zero-order valence-corrected chi connectivity index (χ0v) is 24.5.